The summed E-state index contributed by atoms with van der Waals surface area (Å²) < 4.78 is 0. The van der Waals surface area contributed by atoms with Crippen molar-refractivity contribution in [1.82, 2.24) is 5.32 Å². The lowest BCUT2D eigenvalue weighted by Crippen LogP contribution is -2.32. The van der Waals surface area contributed by atoms with E-state index in [0.29, 0.717) is 12.6 Å². The number of aliphatic hydroxyl groups is 1. The van der Waals surface area contributed by atoms with E-state index in [4.69, 9.17) is 0 Å². The molecule has 26 heavy (non-hydrogen) atoms. The van der Waals surface area contributed by atoms with Crippen molar-refractivity contribution in [2.75, 3.05) is 6.54 Å². The zero-order valence-electron chi connectivity index (χ0n) is 15.3. The van der Waals surface area contributed by atoms with Gasteiger partial charge in [-0.3, -0.25) is 0 Å². The van der Waals surface area contributed by atoms with E-state index < -0.39 is 6.10 Å². The van der Waals surface area contributed by atoms with Crippen LogP contribution in [0, 0.1) is 0 Å². The Bertz CT molecular complexity index is 768. The molecule has 2 unspecified atom stereocenters. The highest BCUT2D eigenvalue weighted by Crippen LogP contribution is 2.13. The van der Waals surface area contributed by atoms with Crippen LogP contribution in [0.15, 0.2) is 84.9 Å². The summed E-state index contributed by atoms with van der Waals surface area (Å²) in [6.45, 7) is 2.73. The van der Waals surface area contributed by atoms with E-state index in [1.807, 2.05) is 30.3 Å². The maximum Gasteiger partial charge on any atom is 0.0914 e. The molecule has 0 saturated heterocycles. The van der Waals surface area contributed by atoms with Gasteiger partial charge in [0.1, 0.15) is 0 Å². The Hall–Kier alpha value is -2.42. The molecule has 0 fully saturated rings. The standard InChI is InChI=1S/C24H27NO/c1-19(25-18-24(26)23-10-6-3-7-11-23)16-21-12-14-22(15-13-21)17-20-8-4-2-5-9-20/h2-15,19,24-26H,16-18H2,1H3. The molecule has 0 spiro atoms. The van der Waals surface area contributed by atoms with E-state index in [1.165, 1.54) is 16.7 Å². The number of benzene rings is 3. The Morgan fingerprint density at radius 1 is 0.731 bits per heavy atom. The smallest absolute Gasteiger partial charge is 0.0914 e. The maximum atomic E-state index is 10.2. The molecule has 3 aromatic carbocycles. The lowest BCUT2D eigenvalue weighted by atomic mass is 10.0. The lowest BCUT2D eigenvalue weighted by Gasteiger charge is -2.17. The molecule has 3 rings (SSSR count). The van der Waals surface area contributed by atoms with Gasteiger partial charge in [0.05, 0.1) is 6.10 Å². The summed E-state index contributed by atoms with van der Waals surface area (Å²) in [4.78, 5) is 0. The molecule has 134 valence electrons. The molecule has 0 aliphatic heterocycles. The van der Waals surface area contributed by atoms with E-state index in [2.05, 4.69) is 66.8 Å². The van der Waals surface area contributed by atoms with Gasteiger partial charge in [-0.05, 0) is 42.0 Å². The SMILES string of the molecule is CC(Cc1ccc(Cc2ccccc2)cc1)NCC(O)c1ccccc1. The molecule has 0 bridgehead atoms. The summed E-state index contributed by atoms with van der Waals surface area (Å²) in [5.41, 5.74) is 4.94. The molecule has 0 heterocycles. The number of nitrogens with one attached hydrogen (secondary N) is 1. The molecular formula is C24H27NO. The first-order chi connectivity index (χ1) is 12.7. The summed E-state index contributed by atoms with van der Waals surface area (Å²) in [6, 6.07) is 29.5. The Labute approximate surface area is 156 Å². The molecule has 2 N–H and O–H groups in total. The van der Waals surface area contributed by atoms with Crippen LogP contribution in [0.25, 0.3) is 0 Å². The summed E-state index contributed by atoms with van der Waals surface area (Å²) in [5, 5.41) is 13.7. The second-order valence-electron chi connectivity index (χ2n) is 6.92. The number of aliphatic hydroxyl groups excluding tert-OH is 1. The third-order valence-electron chi connectivity index (χ3n) is 4.66. The first kappa shape index (κ1) is 18.4. The van der Waals surface area contributed by atoms with Crippen LogP contribution in [0.4, 0.5) is 0 Å². The molecule has 0 radical (unpaired) electrons. The predicted molar refractivity (Wildman–Crippen MR) is 108 cm³/mol. The predicted octanol–water partition coefficient (Wildman–Crippen LogP) is 4.53. The molecule has 2 heteroatoms. The molecule has 0 aliphatic carbocycles. The van der Waals surface area contributed by atoms with Crippen LogP contribution in [-0.4, -0.2) is 17.7 Å². The van der Waals surface area contributed by atoms with Crippen LogP contribution < -0.4 is 5.32 Å². The minimum atomic E-state index is -0.466. The minimum Gasteiger partial charge on any atom is -0.387 e. The van der Waals surface area contributed by atoms with Gasteiger partial charge in [0, 0.05) is 12.6 Å². The summed E-state index contributed by atoms with van der Waals surface area (Å²) in [5.74, 6) is 0. The Kier molecular flexibility index (Phi) is 6.59. The number of hydrogen-bond donors (Lipinski definition) is 2. The molecule has 0 amide bonds. The lowest BCUT2D eigenvalue weighted by molar-refractivity contribution is 0.170. The molecular weight excluding hydrogens is 318 g/mol. The highest BCUT2D eigenvalue weighted by atomic mass is 16.3. The van der Waals surface area contributed by atoms with Crippen LogP contribution in [0.5, 0.6) is 0 Å². The number of rotatable bonds is 8. The van der Waals surface area contributed by atoms with Crippen molar-refractivity contribution in [3.63, 3.8) is 0 Å². The average molecular weight is 345 g/mol. The van der Waals surface area contributed by atoms with Crippen molar-refractivity contribution in [1.29, 1.82) is 0 Å². The van der Waals surface area contributed by atoms with Crippen molar-refractivity contribution in [2.24, 2.45) is 0 Å². The van der Waals surface area contributed by atoms with E-state index in [-0.39, 0.29) is 0 Å². The quantitative estimate of drug-likeness (QED) is 0.628. The Morgan fingerprint density at radius 3 is 1.92 bits per heavy atom. The second kappa shape index (κ2) is 9.33. The molecule has 2 atom stereocenters. The van der Waals surface area contributed by atoms with Gasteiger partial charge in [-0.2, -0.15) is 0 Å². The first-order valence-corrected chi connectivity index (χ1v) is 9.29. The van der Waals surface area contributed by atoms with Gasteiger partial charge in [0.15, 0.2) is 0 Å². The zero-order chi connectivity index (χ0) is 18.2. The van der Waals surface area contributed by atoms with Crippen LogP contribution in [0.2, 0.25) is 0 Å². The van der Waals surface area contributed by atoms with Crippen LogP contribution >= 0.6 is 0 Å². The van der Waals surface area contributed by atoms with Gasteiger partial charge in [-0.25, -0.2) is 0 Å². The number of hydrogen-bond acceptors (Lipinski definition) is 2. The van der Waals surface area contributed by atoms with Crippen molar-refractivity contribution in [3.8, 4) is 0 Å². The fourth-order valence-corrected chi connectivity index (χ4v) is 3.16. The Morgan fingerprint density at radius 2 is 1.27 bits per heavy atom. The van der Waals surface area contributed by atoms with Gasteiger partial charge in [-0.1, -0.05) is 84.9 Å². The van der Waals surface area contributed by atoms with Gasteiger partial charge in [0.25, 0.3) is 0 Å². The monoisotopic (exact) mass is 345 g/mol. The third-order valence-corrected chi connectivity index (χ3v) is 4.66. The maximum absolute atomic E-state index is 10.2. The topological polar surface area (TPSA) is 32.3 Å². The van der Waals surface area contributed by atoms with Crippen molar-refractivity contribution in [3.05, 3.63) is 107 Å². The van der Waals surface area contributed by atoms with Crippen LogP contribution in [-0.2, 0) is 12.8 Å². The van der Waals surface area contributed by atoms with Gasteiger partial charge < -0.3 is 10.4 Å². The molecule has 0 aliphatic rings. The van der Waals surface area contributed by atoms with E-state index in [0.717, 1.165) is 18.4 Å². The second-order valence-corrected chi connectivity index (χ2v) is 6.92. The molecule has 0 aromatic heterocycles. The van der Waals surface area contributed by atoms with Gasteiger partial charge >= 0.3 is 0 Å². The van der Waals surface area contributed by atoms with Crippen LogP contribution in [0.3, 0.4) is 0 Å². The summed E-state index contributed by atoms with van der Waals surface area (Å²) >= 11 is 0. The van der Waals surface area contributed by atoms with E-state index in [9.17, 15) is 5.11 Å². The zero-order valence-corrected chi connectivity index (χ0v) is 15.3. The summed E-state index contributed by atoms with van der Waals surface area (Å²) in [7, 11) is 0. The third kappa shape index (κ3) is 5.55. The van der Waals surface area contributed by atoms with E-state index in [1.54, 1.807) is 0 Å². The molecule has 2 nitrogen and oxygen atoms in total. The van der Waals surface area contributed by atoms with Crippen molar-refractivity contribution < 1.29 is 5.11 Å². The minimum absolute atomic E-state index is 0.313. The van der Waals surface area contributed by atoms with Gasteiger partial charge in [-0.15, -0.1) is 0 Å². The average Bonchev–Trinajstić information content (AvgIpc) is 2.69. The fraction of sp³-hybridized carbons (Fsp3) is 0.250. The Balaban J connectivity index is 1.47. The molecule has 0 saturated carbocycles. The van der Waals surface area contributed by atoms with Crippen molar-refractivity contribution >= 4 is 0 Å². The first-order valence-electron chi connectivity index (χ1n) is 9.29. The van der Waals surface area contributed by atoms with Crippen molar-refractivity contribution in [2.45, 2.75) is 31.9 Å². The largest absolute Gasteiger partial charge is 0.387 e. The van der Waals surface area contributed by atoms with Gasteiger partial charge in [0.2, 0.25) is 0 Å². The fourth-order valence-electron chi connectivity index (χ4n) is 3.16. The summed E-state index contributed by atoms with van der Waals surface area (Å²) in [6.07, 6.45) is 1.46. The molecule has 3 aromatic rings. The highest BCUT2D eigenvalue weighted by Gasteiger charge is 2.09. The highest BCUT2D eigenvalue weighted by molar-refractivity contribution is 5.29. The van der Waals surface area contributed by atoms with Crippen LogP contribution in [0.1, 0.15) is 35.3 Å². The normalized spacial score (nSPS) is 13.3. The van der Waals surface area contributed by atoms with E-state index >= 15 is 0 Å².